The molecule has 384 valence electrons. The van der Waals surface area contributed by atoms with E-state index in [1.54, 1.807) is 48.2 Å². The summed E-state index contributed by atoms with van der Waals surface area (Å²) in [5.41, 5.74) is 5.44. The van der Waals surface area contributed by atoms with Crippen LogP contribution in [0.4, 0.5) is 14.9 Å². The molecule has 7 aromatic rings. The monoisotopic (exact) mass is 1040 g/mol. The fourth-order valence-electron chi connectivity index (χ4n) is 9.11. The van der Waals surface area contributed by atoms with E-state index in [1.807, 2.05) is 82.3 Å². The molecule has 10 rings (SSSR count). The molecule has 3 aliphatic rings. The van der Waals surface area contributed by atoms with Crippen molar-refractivity contribution in [3.63, 3.8) is 0 Å². The van der Waals surface area contributed by atoms with Crippen LogP contribution >= 0.6 is 22.9 Å². The maximum Gasteiger partial charge on any atom is 0.410 e. The summed E-state index contributed by atoms with van der Waals surface area (Å²) < 4.78 is 44.6. The van der Waals surface area contributed by atoms with Crippen LogP contribution in [0.1, 0.15) is 56.5 Å². The highest BCUT2D eigenvalue weighted by Crippen LogP contribution is 2.50. The zero-order chi connectivity index (χ0) is 52.1. The molecule has 18 heteroatoms. The number of esters is 1. The van der Waals surface area contributed by atoms with Crippen molar-refractivity contribution in [1.82, 2.24) is 29.7 Å². The lowest BCUT2D eigenvalue weighted by Crippen LogP contribution is -2.51. The van der Waals surface area contributed by atoms with E-state index in [0.29, 0.717) is 117 Å². The molecular weight excluding hydrogens is 985 g/mol. The first-order valence-electron chi connectivity index (χ1n) is 24.5. The number of ether oxygens (including phenoxy) is 5. The highest BCUT2D eigenvalue weighted by Gasteiger charge is 2.32. The molecule has 1 atom stereocenters. The number of anilines is 1. The van der Waals surface area contributed by atoms with E-state index < -0.39 is 23.5 Å². The summed E-state index contributed by atoms with van der Waals surface area (Å²) in [6.07, 6.45) is 1.93. The number of aryl methyl sites for hydroxylation is 1. The van der Waals surface area contributed by atoms with Crippen LogP contribution in [0.3, 0.4) is 0 Å². The number of nitrogens with zero attached hydrogens (tertiary/aromatic N) is 7. The predicted octanol–water partition coefficient (Wildman–Crippen LogP) is 10.6. The third kappa shape index (κ3) is 11.6. The number of methoxy groups -OCH3 is 1. The second-order valence-electron chi connectivity index (χ2n) is 19.0. The average Bonchev–Trinajstić information content (AvgIpc) is 3.79. The molecule has 6 heterocycles. The van der Waals surface area contributed by atoms with Gasteiger partial charge in [0.2, 0.25) is 17.9 Å². The Kier molecular flexibility index (Phi) is 15.7. The van der Waals surface area contributed by atoms with E-state index >= 15 is 0 Å². The highest BCUT2D eigenvalue weighted by molar-refractivity contribution is 7.22. The third-order valence-electron chi connectivity index (χ3n) is 12.8. The zero-order valence-corrected chi connectivity index (χ0v) is 43.7. The first-order valence-corrected chi connectivity index (χ1v) is 25.7. The molecule has 0 saturated carbocycles. The molecule has 0 radical (unpaired) electrons. The van der Waals surface area contributed by atoms with Gasteiger partial charge in [0.15, 0.2) is 5.82 Å². The van der Waals surface area contributed by atoms with Crippen molar-refractivity contribution in [3.8, 4) is 50.3 Å². The number of amides is 2. The van der Waals surface area contributed by atoms with Crippen molar-refractivity contribution in [3.05, 3.63) is 131 Å². The van der Waals surface area contributed by atoms with Gasteiger partial charge in [-0.2, -0.15) is 0 Å². The minimum Gasteiger partial charge on any atom is -0.496 e. The molecule has 0 aliphatic carbocycles. The number of halogens is 2. The number of hydrogen-bond acceptors (Lipinski definition) is 14. The van der Waals surface area contributed by atoms with Crippen LogP contribution in [-0.2, 0) is 38.5 Å². The smallest absolute Gasteiger partial charge is 0.410 e. The number of fused-ring (bicyclic) bond motifs is 7. The molecule has 3 aliphatic heterocycles. The molecule has 3 aromatic heterocycles. The average molecular weight is 1040 g/mol. The number of hydrogen-bond donors (Lipinski definition) is 0. The topological polar surface area (TPSA) is 159 Å². The summed E-state index contributed by atoms with van der Waals surface area (Å²) in [5, 5.41) is 0.881. The predicted molar refractivity (Wildman–Crippen MR) is 282 cm³/mol. The van der Waals surface area contributed by atoms with Crippen LogP contribution in [0.2, 0.25) is 5.02 Å². The van der Waals surface area contributed by atoms with E-state index in [1.165, 1.54) is 29.8 Å². The van der Waals surface area contributed by atoms with Crippen LogP contribution in [0, 0.1) is 12.7 Å². The number of rotatable bonds is 11. The number of para-hydroxylation sites is 1. The fourth-order valence-corrected chi connectivity index (χ4v) is 10.5. The second-order valence-corrected chi connectivity index (χ2v) is 20.3. The van der Waals surface area contributed by atoms with Gasteiger partial charge in [-0.3, -0.25) is 9.69 Å². The molecule has 1 saturated heterocycles. The van der Waals surface area contributed by atoms with Gasteiger partial charge in [-0.05, 0) is 111 Å². The van der Waals surface area contributed by atoms with E-state index in [2.05, 4.69) is 19.9 Å². The summed E-state index contributed by atoms with van der Waals surface area (Å²) >= 11 is 8.83. The van der Waals surface area contributed by atoms with Crippen LogP contribution in [0.25, 0.3) is 43.2 Å². The lowest BCUT2D eigenvalue weighted by atomic mass is 9.95. The van der Waals surface area contributed by atoms with Crippen molar-refractivity contribution in [1.29, 1.82) is 0 Å². The molecule has 0 unspecified atom stereocenters. The van der Waals surface area contributed by atoms with Crippen LogP contribution in [0.15, 0.2) is 97.5 Å². The molecule has 15 nitrogen and oxygen atoms in total. The Morgan fingerprint density at radius 3 is 2.45 bits per heavy atom. The third-order valence-corrected chi connectivity index (χ3v) is 14.5. The second kappa shape index (κ2) is 22.5. The number of aromatic nitrogens is 4. The molecule has 74 heavy (non-hydrogen) atoms. The Labute approximate surface area is 438 Å². The summed E-state index contributed by atoms with van der Waals surface area (Å²) in [7, 11) is 1.60. The molecule has 0 spiro atoms. The van der Waals surface area contributed by atoms with Crippen molar-refractivity contribution >= 4 is 56.8 Å². The maximum absolute atomic E-state index is 14.8. The fraction of sp³-hybridized carbons (Fsp3) is 0.339. The molecule has 1 fully saturated rings. The Morgan fingerprint density at radius 1 is 0.905 bits per heavy atom. The van der Waals surface area contributed by atoms with E-state index in [-0.39, 0.29) is 43.9 Å². The lowest BCUT2D eigenvalue weighted by Gasteiger charge is -2.36. The van der Waals surface area contributed by atoms with Gasteiger partial charge in [-0.15, -0.1) is 11.3 Å². The van der Waals surface area contributed by atoms with Gasteiger partial charge in [0, 0.05) is 68.7 Å². The standard InChI is InChI=1S/C56H57ClFN7O8S/c1-7-70-54(67)45-31-37-30-35(12-20-43(37)71-32-39-22-23-59-51(62-39)41-10-8-9-11-44(41)69-6)13-21-46(66)65(29-26-63-24-27-64(28-25-63)55(68)73-56(3,4)5)42-19-18-40(34(2)49(42)57)47-48-52(72-45)60-33-61-53(48)74-50(47)36-14-16-38(58)17-15-36/h8-12,14-20,22-23,30,33,45H,7,13,21,24-29,31-32H2,1-6H3/t45-/m1/s1. The van der Waals surface area contributed by atoms with Gasteiger partial charge in [0.25, 0.3) is 0 Å². The Morgan fingerprint density at radius 2 is 1.69 bits per heavy atom. The Hall–Kier alpha value is -7.21. The number of carbonyl (C=O) groups is 3. The first kappa shape index (κ1) is 51.7. The van der Waals surface area contributed by atoms with Crippen molar-refractivity contribution in [2.24, 2.45) is 0 Å². The van der Waals surface area contributed by atoms with Gasteiger partial charge in [0.05, 0.1) is 41.1 Å². The van der Waals surface area contributed by atoms with Gasteiger partial charge in [-0.1, -0.05) is 54.1 Å². The molecule has 2 amide bonds. The van der Waals surface area contributed by atoms with E-state index in [4.69, 9.17) is 40.3 Å². The maximum atomic E-state index is 14.8. The zero-order valence-electron chi connectivity index (χ0n) is 42.2. The minimum absolute atomic E-state index is 0.00550. The summed E-state index contributed by atoms with van der Waals surface area (Å²) in [6.45, 7) is 12.3. The van der Waals surface area contributed by atoms with Gasteiger partial charge in [0.1, 0.15) is 40.7 Å². The Balaban J connectivity index is 1.11. The summed E-state index contributed by atoms with van der Waals surface area (Å²) in [5.74, 6) is 0.523. The van der Waals surface area contributed by atoms with Gasteiger partial charge >= 0.3 is 12.1 Å². The summed E-state index contributed by atoms with van der Waals surface area (Å²) in [6, 6.07) is 24.9. The van der Waals surface area contributed by atoms with Crippen molar-refractivity contribution < 1.29 is 42.5 Å². The largest absolute Gasteiger partial charge is 0.496 e. The SMILES string of the molecule is CCOC(=O)[C@H]1Cc2cc(ccc2OCc2ccnc(-c3ccccc3OC)n2)CCC(=O)N(CCN2CCN(C(=O)OC(C)(C)C)CC2)c2ccc(c(C)c2Cl)-c2c(-c3ccc(F)cc3)sc3ncnc(c23)O1. The van der Waals surface area contributed by atoms with Crippen LogP contribution in [-0.4, -0.2) is 112 Å². The van der Waals surface area contributed by atoms with Gasteiger partial charge < -0.3 is 33.5 Å². The first-order chi connectivity index (χ1) is 35.7. The molecule has 4 bridgehead atoms. The number of benzene rings is 4. The molecule has 0 N–H and O–H groups in total. The summed E-state index contributed by atoms with van der Waals surface area (Å²) in [4.78, 5) is 67.5. The number of carbonyl (C=O) groups excluding carboxylic acids is 3. The van der Waals surface area contributed by atoms with Crippen molar-refractivity contribution in [2.45, 2.75) is 72.2 Å². The highest BCUT2D eigenvalue weighted by atomic mass is 35.5. The molecule has 4 aromatic carbocycles. The number of piperazine rings is 1. The quantitative estimate of drug-likeness (QED) is 0.113. The van der Waals surface area contributed by atoms with E-state index in [0.717, 1.165) is 16.0 Å². The van der Waals surface area contributed by atoms with Crippen LogP contribution in [0.5, 0.6) is 17.4 Å². The normalized spacial score (nSPS) is 15.4. The van der Waals surface area contributed by atoms with Crippen molar-refractivity contribution in [2.75, 3.05) is 57.9 Å². The van der Waals surface area contributed by atoms with Gasteiger partial charge in [-0.25, -0.2) is 33.9 Å². The minimum atomic E-state index is -1.23. The number of thiophene rings is 1. The van der Waals surface area contributed by atoms with E-state index in [9.17, 15) is 18.8 Å². The Bertz CT molecular complexity index is 3200. The lowest BCUT2D eigenvalue weighted by molar-refractivity contribution is -0.151. The van der Waals surface area contributed by atoms with Crippen LogP contribution < -0.4 is 19.1 Å². The molecular formula is C56H57ClFN7O8S.